The van der Waals surface area contributed by atoms with Crippen molar-refractivity contribution in [3.63, 3.8) is 0 Å². The number of nitrogens with one attached hydrogen (secondary N) is 1. The van der Waals surface area contributed by atoms with E-state index in [0.29, 0.717) is 10.9 Å². The van der Waals surface area contributed by atoms with Gasteiger partial charge in [-0.2, -0.15) is 9.61 Å². The Balaban J connectivity index is 1.62. The van der Waals surface area contributed by atoms with Crippen molar-refractivity contribution in [3.05, 3.63) is 46.0 Å². The summed E-state index contributed by atoms with van der Waals surface area (Å²) in [6.07, 6.45) is 3.99. The average Bonchev–Trinajstić information content (AvgIpc) is 3.08. The summed E-state index contributed by atoms with van der Waals surface area (Å²) in [5.41, 5.74) is 2.44. The Hall–Kier alpha value is -1.61. The van der Waals surface area contributed by atoms with E-state index in [-0.39, 0.29) is 0 Å². The number of anilines is 1. The fourth-order valence-corrected chi connectivity index (χ4v) is 4.30. The van der Waals surface area contributed by atoms with Crippen LogP contribution in [0.15, 0.2) is 41.0 Å². The van der Waals surface area contributed by atoms with Crippen LogP contribution in [-0.4, -0.2) is 51.1 Å². The number of piperidine rings is 1. The van der Waals surface area contributed by atoms with Crippen molar-refractivity contribution in [2.75, 3.05) is 25.0 Å². The maximum atomic E-state index is 9.88. The van der Waals surface area contributed by atoms with Crippen LogP contribution in [0.3, 0.4) is 0 Å². The zero-order chi connectivity index (χ0) is 19.7. The van der Waals surface area contributed by atoms with Crippen molar-refractivity contribution in [1.29, 1.82) is 0 Å². The molecule has 1 fully saturated rings. The smallest absolute Gasteiger partial charge is 0.376 e. The molecule has 146 valence electrons. The SMILES string of the molecule is CB(O)N1CCCC(CNc2cc(-c3ccccc3Cl)nc3c(Br)cnn23)C1. The third-order valence-corrected chi connectivity index (χ3v) is 6.12. The minimum atomic E-state index is -0.399. The standard InChI is InChI=1S/C19H22BBrClN5O/c1-20(28)26-8-4-5-13(12-26)10-23-18-9-17(14-6-2-3-7-16(14)22)25-19-15(21)11-24-27(18)19/h2-3,6-7,9,11,13,23,28H,4-5,8,10,12H2,1H3. The Kier molecular flexibility index (Phi) is 5.92. The van der Waals surface area contributed by atoms with E-state index in [9.17, 15) is 5.02 Å². The van der Waals surface area contributed by atoms with Gasteiger partial charge in [-0.25, -0.2) is 4.98 Å². The van der Waals surface area contributed by atoms with Crippen LogP contribution >= 0.6 is 27.5 Å². The molecule has 0 radical (unpaired) electrons. The van der Waals surface area contributed by atoms with Gasteiger partial charge in [-0.1, -0.05) is 29.8 Å². The Morgan fingerprint density at radius 1 is 1.39 bits per heavy atom. The summed E-state index contributed by atoms with van der Waals surface area (Å²) in [5.74, 6) is 1.34. The van der Waals surface area contributed by atoms with Gasteiger partial charge in [0.25, 0.3) is 0 Å². The quantitative estimate of drug-likeness (QED) is 0.560. The van der Waals surface area contributed by atoms with Crippen molar-refractivity contribution < 1.29 is 5.02 Å². The maximum absolute atomic E-state index is 9.88. The average molecular weight is 463 g/mol. The number of nitrogens with zero attached hydrogens (tertiary/aromatic N) is 4. The van der Waals surface area contributed by atoms with E-state index >= 15 is 0 Å². The fourth-order valence-electron chi connectivity index (χ4n) is 3.72. The molecule has 28 heavy (non-hydrogen) atoms. The molecule has 0 bridgehead atoms. The zero-order valence-corrected chi connectivity index (χ0v) is 18.0. The molecular formula is C19H22BBrClN5O. The van der Waals surface area contributed by atoms with Crippen LogP contribution < -0.4 is 5.32 Å². The monoisotopic (exact) mass is 461 g/mol. The summed E-state index contributed by atoms with van der Waals surface area (Å²) in [6.45, 7) is 4.48. The summed E-state index contributed by atoms with van der Waals surface area (Å²) >= 11 is 9.93. The summed E-state index contributed by atoms with van der Waals surface area (Å²) in [6, 6.07) is 9.70. The van der Waals surface area contributed by atoms with E-state index in [1.807, 2.05) is 37.2 Å². The highest BCUT2D eigenvalue weighted by Crippen LogP contribution is 2.30. The van der Waals surface area contributed by atoms with Crippen LogP contribution in [0.5, 0.6) is 0 Å². The van der Waals surface area contributed by atoms with Gasteiger partial charge in [0.2, 0.25) is 0 Å². The van der Waals surface area contributed by atoms with Crippen molar-refractivity contribution in [1.82, 2.24) is 19.4 Å². The molecule has 1 aliphatic heterocycles. The first-order chi connectivity index (χ1) is 13.5. The van der Waals surface area contributed by atoms with E-state index in [0.717, 1.165) is 59.7 Å². The molecule has 1 saturated heterocycles. The molecule has 2 aromatic heterocycles. The molecular weight excluding hydrogens is 440 g/mol. The minimum absolute atomic E-state index is 0.399. The largest absolute Gasteiger partial charge is 0.437 e. The number of hydrogen-bond donors (Lipinski definition) is 2. The second-order valence-corrected chi connectivity index (χ2v) is 8.51. The Bertz CT molecular complexity index is 982. The molecule has 0 saturated carbocycles. The Labute approximate surface area is 178 Å². The maximum Gasteiger partial charge on any atom is 0.376 e. The van der Waals surface area contributed by atoms with E-state index in [4.69, 9.17) is 16.6 Å². The van der Waals surface area contributed by atoms with E-state index < -0.39 is 7.05 Å². The van der Waals surface area contributed by atoms with Crippen LogP contribution in [0.25, 0.3) is 16.9 Å². The first kappa shape index (κ1) is 19.7. The summed E-state index contributed by atoms with van der Waals surface area (Å²) in [5, 5.41) is 18.5. The molecule has 6 nitrogen and oxygen atoms in total. The molecule has 1 aliphatic rings. The van der Waals surface area contributed by atoms with Crippen molar-refractivity contribution in [2.45, 2.75) is 19.7 Å². The summed E-state index contributed by atoms with van der Waals surface area (Å²) < 4.78 is 2.64. The zero-order valence-electron chi connectivity index (χ0n) is 15.6. The van der Waals surface area contributed by atoms with Gasteiger partial charge in [0, 0.05) is 23.2 Å². The molecule has 2 N–H and O–H groups in total. The lowest BCUT2D eigenvalue weighted by Gasteiger charge is -2.33. The van der Waals surface area contributed by atoms with Crippen LogP contribution in [-0.2, 0) is 0 Å². The Morgan fingerprint density at radius 3 is 3.00 bits per heavy atom. The van der Waals surface area contributed by atoms with Gasteiger partial charge < -0.3 is 15.2 Å². The highest BCUT2D eigenvalue weighted by atomic mass is 79.9. The second-order valence-electron chi connectivity index (χ2n) is 7.25. The predicted molar refractivity (Wildman–Crippen MR) is 118 cm³/mol. The van der Waals surface area contributed by atoms with Gasteiger partial charge in [0.15, 0.2) is 5.65 Å². The van der Waals surface area contributed by atoms with Gasteiger partial charge >= 0.3 is 7.05 Å². The van der Waals surface area contributed by atoms with E-state index in [2.05, 4.69) is 31.2 Å². The van der Waals surface area contributed by atoms with Crippen LogP contribution in [0, 0.1) is 5.92 Å². The Morgan fingerprint density at radius 2 is 2.21 bits per heavy atom. The third kappa shape index (κ3) is 4.05. The lowest BCUT2D eigenvalue weighted by Crippen LogP contribution is -2.45. The lowest BCUT2D eigenvalue weighted by molar-refractivity contribution is 0.250. The molecule has 0 aliphatic carbocycles. The van der Waals surface area contributed by atoms with Gasteiger partial charge in [-0.05, 0) is 60.7 Å². The van der Waals surface area contributed by atoms with E-state index in [1.165, 1.54) is 0 Å². The van der Waals surface area contributed by atoms with Crippen molar-refractivity contribution >= 4 is 46.0 Å². The number of hydrogen-bond acceptors (Lipinski definition) is 5. The molecule has 0 amide bonds. The normalized spacial score (nSPS) is 17.8. The molecule has 9 heteroatoms. The summed E-state index contributed by atoms with van der Waals surface area (Å²) in [7, 11) is -0.399. The second kappa shape index (κ2) is 8.41. The number of halogens is 2. The van der Waals surface area contributed by atoms with Gasteiger partial charge in [-0.3, -0.25) is 0 Å². The first-order valence-corrected chi connectivity index (χ1v) is 10.6. The topological polar surface area (TPSA) is 65.7 Å². The number of rotatable bonds is 5. The van der Waals surface area contributed by atoms with Crippen molar-refractivity contribution in [2.24, 2.45) is 5.92 Å². The number of benzene rings is 1. The highest BCUT2D eigenvalue weighted by molar-refractivity contribution is 9.10. The minimum Gasteiger partial charge on any atom is -0.437 e. The third-order valence-electron chi connectivity index (χ3n) is 5.23. The molecule has 3 aromatic rings. The predicted octanol–water partition coefficient (Wildman–Crippen LogP) is 4.05. The van der Waals surface area contributed by atoms with Crippen LogP contribution in [0.2, 0.25) is 11.8 Å². The van der Waals surface area contributed by atoms with E-state index in [1.54, 1.807) is 10.7 Å². The molecule has 1 atom stereocenters. The van der Waals surface area contributed by atoms with Crippen molar-refractivity contribution in [3.8, 4) is 11.3 Å². The molecule has 0 spiro atoms. The van der Waals surface area contributed by atoms with Gasteiger partial charge in [0.05, 0.1) is 16.4 Å². The molecule has 1 aromatic carbocycles. The molecule has 4 rings (SSSR count). The molecule has 1 unspecified atom stereocenters. The highest BCUT2D eigenvalue weighted by Gasteiger charge is 2.25. The number of aromatic nitrogens is 3. The van der Waals surface area contributed by atoms with Gasteiger partial charge in [0.1, 0.15) is 5.82 Å². The van der Waals surface area contributed by atoms with Crippen LogP contribution in [0.4, 0.5) is 5.82 Å². The van der Waals surface area contributed by atoms with Gasteiger partial charge in [-0.15, -0.1) is 0 Å². The molecule has 3 heterocycles. The first-order valence-electron chi connectivity index (χ1n) is 9.48. The summed E-state index contributed by atoms with van der Waals surface area (Å²) in [4.78, 5) is 6.87. The lowest BCUT2D eigenvalue weighted by atomic mass is 9.80. The fraction of sp³-hybridized carbons (Fsp3) is 0.368. The number of fused-ring (bicyclic) bond motifs is 1. The van der Waals surface area contributed by atoms with Crippen LogP contribution in [0.1, 0.15) is 12.8 Å².